The zero-order valence-corrected chi connectivity index (χ0v) is 8.30. The van der Waals surface area contributed by atoms with E-state index in [2.05, 4.69) is 14.7 Å². The third kappa shape index (κ3) is 3.37. The Labute approximate surface area is 77.3 Å². The number of rotatable bonds is 3. The standard InChI is InChI=1S/C7H11N3O2S/c1-3-6-4-5-8-7(9-6)10-13(2,11)12/h4-5H,3H2,1-2H3,(H,8,9,10). The Kier molecular flexibility index (Phi) is 2.82. The molecule has 1 aromatic heterocycles. The van der Waals surface area contributed by atoms with Crippen molar-refractivity contribution in [3.63, 3.8) is 0 Å². The van der Waals surface area contributed by atoms with Crippen LogP contribution < -0.4 is 4.72 Å². The Bertz CT molecular complexity index is 388. The molecule has 0 atom stereocenters. The van der Waals surface area contributed by atoms with Gasteiger partial charge in [0.1, 0.15) is 0 Å². The minimum atomic E-state index is -3.28. The molecule has 0 unspecified atom stereocenters. The summed E-state index contributed by atoms with van der Waals surface area (Å²) in [5.41, 5.74) is 0.807. The Morgan fingerprint density at radius 1 is 1.54 bits per heavy atom. The van der Waals surface area contributed by atoms with Gasteiger partial charge in [0.2, 0.25) is 16.0 Å². The average molecular weight is 201 g/mol. The maximum Gasteiger partial charge on any atom is 0.236 e. The monoisotopic (exact) mass is 201 g/mol. The van der Waals surface area contributed by atoms with E-state index in [0.29, 0.717) is 0 Å². The molecule has 0 aromatic carbocycles. The molecule has 0 saturated heterocycles. The molecule has 0 bridgehead atoms. The molecular weight excluding hydrogens is 190 g/mol. The molecule has 5 nitrogen and oxygen atoms in total. The van der Waals surface area contributed by atoms with Crippen LogP contribution in [-0.2, 0) is 16.4 Å². The Morgan fingerprint density at radius 3 is 2.77 bits per heavy atom. The van der Waals surface area contributed by atoms with E-state index in [1.54, 1.807) is 6.07 Å². The fraction of sp³-hybridized carbons (Fsp3) is 0.429. The SMILES string of the molecule is CCc1ccnc(NS(C)(=O)=O)n1. The normalized spacial score (nSPS) is 11.2. The molecule has 0 saturated carbocycles. The number of nitrogens with one attached hydrogen (secondary N) is 1. The van der Waals surface area contributed by atoms with Crippen molar-refractivity contribution in [2.45, 2.75) is 13.3 Å². The summed E-state index contributed by atoms with van der Waals surface area (Å²) in [5.74, 6) is 0.127. The van der Waals surface area contributed by atoms with Gasteiger partial charge in [-0.05, 0) is 12.5 Å². The van der Waals surface area contributed by atoms with Crippen LogP contribution in [-0.4, -0.2) is 24.6 Å². The van der Waals surface area contributed by atoms with E-state index in [9.17, 15) is 8.42 Å². The lowest BCUT2D eigenvalue weighted by Crippen LogP contribution is -2.12. The summed E-state index contributed by atoms with van der Waals surface area (Å²) >= 11 is 0. The van der Waals surface area contributed by atoms with Crippen LogP contribution in [0.15, 0.2) is 12.3 Å². The third-order valence-electron chi connectivity index (χ3n) is 1.35. The summed E-state index contributed by atoms with van der Waals surface area (Å²) in [6.45, 7) is 1.94. The van der Waals surface area contributed by atoms with E-state index in [1.807, 2.05) is 6.92 Å². The van der Waals surface area contributed by atoms with Crippen molar-refractivity contribution < 1.29 is 8.42 Å². The van der Waals surface area contributed by atoms with E-state index in [1.165, 1.54) is 6.20 Å². The first kappa shape index (κ1) is 9.91. The van der Waals surface area contributed by atoms with Gasteiger partial charge in [0.15, 0.2) is 0 Å². The number of aryl methyl sites for hydroxylation is 1. The van der Waals surface area contributed by atoms with Gasteiger partial charge in [-0.25, -0.2) is 18.4 Å². The zero-order chi connectivity index (χ0) is 9.90. The van der Waals surface area contributed by atoms with Gasteiger partial charge in [-0.1, -0.05) is 6.92 Å². The van der Waals surface area contributed by atoms with Crippen LogP contribution in [0.3, 0.4) is 0 Å². The predicted octanol–water partition coefficient (Wildman–Crippen LogP) is 0.410. The highest BCUT2D eigenvalue weighted by molar-refractivity contribution is 7.91. The summed E-state index contributed by atoms with van der Waals surface area (Å²) in [5, 5.41) is 0. The maximum absolute atomic E-state index is 10.8. The third-order valence-corrected chi connectivity index (χ3v) is 1.91. The topological polar surface area (TPSA) is 72.0 Å². The minimum Gasteiger partial charge on any atom is -0.251 e. The first-order chi connectivity index (χ1) is 6.01. The fourth-order valence-corrected chi connectivity index (χ4v) is 1.24. The number of aromatic nitrogens is 2. The highest BCUT2D eigenvalue weighted by atomic mass is 32.2. The lowest BCUT2D eigenvalue weighted by atomic mass is 10.3. The summed E-state index contributed by atoms with van der Waals surface area (Å²) in [7, 11) is -3.28. The van der Waals surface area contributed by atoms with Crippen molar-refractivity contribution in [2.24, 2.45) is 0 Å². The summed E-state index contributed by atoms with van der Waals surface area (Å²) in [6.07, 6.45) is 3.34. The van der Waals surface area contributed by atoms with Crippen molar-refractivity contribution in [3.05, 3.63) is 18.0 Å². The second-order valence-electron chi connectivity index (χ2n) is 2.60. The second-order valence-corrected chi connectivity index (χ2v) is 4.35. The number of hydrogen-bond acceptors (Lipinski definition) is 4. The van der Waals surface area contributed by atoms with Crippen LogP contribution in [0.25, 0.3) is 0 Å². The van der Waals surface area contributed by atoms with E-state index >= 15 is 0 Å². The molecule has 0 radical (unpaired) electrons. The Balaban J connectivity index is 2.90. The van der Waals surface area contributed by atoms with Crippen LogP contribution in [0.4, 0.5) is 5.95 Å². The first-order valence-electron chi connectivity index (χ1n) is 3.81. The minimum absolute atomic E-state index is 0.127. The zero-order valence-electron chi connectivity index (χ0n) is 7.48. The molecule has 6 heteroatoms. The molecule has 13 heavy (non-hydrogen) atoms. The summed E-state index contributed by atoms with van der Waals surface area (Å²) < 4.78 is 23.8. The van der Waals surface area contributed by atoms with Gasteiger partial charge in [0.25, 0.3) is 0 Å². The largest absolute Gasteiger partial charge is 0.251 e. The van der Waals surface area contributed by atoms with E-state index in [4.69, 9.17) is 0 Å². The van der Waals surface area contributed by atoms with Gasteiger partial charge in [-0.2, -0.15) is 0 Å². The number of hydrogen-bond donors (Lipinski definition) is 1. The van der Waals surface area contributed by atoms with Crippen molar-refractivity contribution >= 4 is 16.0 Å². The van der Waals surface area contributed by atoms with Gasteiger partial charge >= 0.3 is 0 Å². The molecule has 0 aliphatic heterocycles. The molecule has 0 spiro atoms. The first-order valence-corrected chi connectivity index (χ1v) is 5.70. The van der Waals surface area contributed by atoms with Crippen LogP contribution >= 0.6 is 0 Å². The van der Waals surface area contributed by atoms with Crippen molar-refractivity contribution in [1.82, 2.24) is 9.97 Å². The number of sulfonamides is 1. The molecule has 1 rings (SSSR count). The van der Waals surface area contributed by atoms with Crippen LogP contribution in [0, 0.1) is 0 Å². The lowest BCUT2D eigenvalue weighted by molar-refractivity contribution is 0.606. The maximum atomic E-state index is 10.8. The molecule has 72 valence electrons. The molecule has 1 N–H and O–H groups in total. The molecule has 0 fully saturated rings. The molecule has 0 aliphatic rings. The van der Waals surface area contributed by atoms with E-state index in [0.717, 1.165) is 18.4 Å². The second kappa shape index (κ2) is 3.69. The van der Waals surface area contributed by atoms with Crippen molar-refractivity contribution in [2.75, 3.05) is 11.0 Å². The van der Waals surface area contributed by atoms with Crippen LogP contribution in [0.5, 0.6) is 0 Å². The lowest BCUT2D eigenvalue weighted by Gasteiger charge is -2.02. The van der Waals surface area contributed by atoms with Crippen LogP contribution in [0.1, 0.15) is 12.6 Å². The number of nitrogens with zero attached hydrogens (tertiary/aromatic N) is 2. The smallest absolute Gasteiger partial charge is 0.236 e. The fourth-order valence-electron chi connectivity index (χ4n) is 0.808. The van der Waals surface area contributed by atoms with Gasteiger partial charge in [-0.15, -0.1) is 0 Å². The Morgan fingerprint density at radius 2 is 2.23 bits per heavy atom. The van der Waals surface area contributed by atoms with Crippen molar-refractivity contribution in [3.8, 4) is 0 Å². The van der Waals surface area contributed by atoms with Crippen LogP contribution in [0.2, 0.25) is 0 Å². The molecule has 0 aliphatic carbocycles. The molecule has 1 heterocycles. The molecule has 0 amide bonds. The highest BCUT2D eigenvalue weighted by Crippen LogP contribution is 2.02. The average Bonchev–Trinajstić information content (AvgIpc) is 2.01. The highest BCUT2D eigenvalue weighted by Gasteiger charge is 2.03. The predicted molar refractivity (Wildman–Crippen MR) is 49.9 cm³/mol. The quantitative estimate of drug-likeness (QED) is 0.768. The van der Waals surface area contributed by atoms with Gasteiger partial charge in [0.05, 0.1) is 6.26 Å². The molecule has 1 aromatic rings. The van der Waals surface area contributed by atoms with E-state index < -0.39 is 10.0 Å². The van der Waals surface area contributed by atoms with Gasteiger partial charge in [-0.3, -0.25) is 4.72 Å². The Hall–Kier alpha value is -1.17. The van der Waals surface area contributed by atoms with Gasteiger partial charge < -0.3 is 0 Å². The summed E-state index contributed by atoms with van der Waals surface area (Å²) in [4.78, 5) is 7.75. The van der Waals surface area contributed by atoms with Gasteiger partial charge in [0, 0.05) is 11.9 Å². The van der Waals surface area contributed by atoms with E-state index in [-0.39, 0.29) is 5.95 Å². The van der Waals surface area contributed by atoms with Crippen molar-refractivity contribution in [1.29, 1.82) is 0 Å². The number of anilines is 1. The molecular formula is C7H11N3O2S. The summed E-state index contributed by atoms with van der Waals surface area (Å²) in [6, 6.07) is 1.74.